The summed E-state index contributed by atoms with van der Waals surface area (Å²) in [6.45, 7) is 13.1. The molecule has 10 nitrogen and oxygen atoms in total. The molecule has 0 spiro atoms. The Balaban J connectivity index is 1.23. The van der Waals surface area contributed by atoms with Gasteiger partial charge in [-0.25, -0.2) is 13.9 Å². The van der Waals surface area contributed by atoms with Crippen molar-refractivity contribution in [3.63, 3.8) is 0 Å². The highest BCUT2D eigenvalue weighted by Gasteiger charge is 2.22. The van der Waals surface area contributed by atoms with Gasteiger partial charge in [-0.1, -0.05) is 20.8 Å². The average Bonchev–Trinajstić information content (AvgIpc) is 3.42. The van der Waals surface area contributed by atoms with Crippen LogP contribution in [0, 0.1) is 12.7 Å². The topological polar surface area (TPSA) is 103 Å². The van der Waals surface area contributed by atoms with Gasteiger partial charge in [-0.05, 0) is 55.8 Å². The van der Waals surface area contributed by atoms with E-state index in [1.165, 1.54) is 12.1 Å². The molecule has 2 aromatic carbocycles. The van der Waals surface area contributed by atoms with Gasteiger partial charge in [0.25, 0.3) is 0 Å². The Bertz CT molecular complexity index is 1560. The predicted molar refractivity (Wildman–Crippen MR) is 168 cm³/mol. The van der Waals surface area contributed by atoms with Gasteiger partial charge < -0.3 is 19.5 Å². The summed E-state index contributed by atoms with van der Waals surface area (Å²) in [5.74, 6) is 1.42. The summed E-state index contributed by atoms with van der Waals surface area (Å²) in [7, 11) is 0. The van der Waals surface area contributed by atoms with Crippen LogP contribution in [0.15, 0.2) is 66.9 Å². The van der Waals surface area contributed by atoms with Crippen molar-refractivity contribution in [2.24, 2.45) is 0 Å². The van der Waals surface area contributed by atoms with Gasteiger partial charge in [0.15, 0.2) is 0 Å². The Labute approximate surface area is 257 Å². The molecular weight excluding hydrogens is 563 g/mol. The number of carbonyl (C=O) groups is 1. The van der Waals surface area contributed by atoms with Gasteiger partial charge in [-0.15, -0.1) is 0 Å². The van der Waals surface area contributed by atoms with Crippen LogP contribution in [0.25, 0.3) is 5.69 Å². The van der Waals surface area contributed by atoms with Crippen molar-refractivity contribution in [2.75, 3.05) is 50.1 Å². The number of carbonyl (C=O) groups excluding carboxylic acids is 1. The van der Waals surface area contributed by atoms with Crippen molar-refractivity contribution in [1.29, 1.82) is 0 Å². The minimum atomic E-state index is -0.632. The number of hydrogen-bond donors (Lipinski definition) is 2. The molecule has 1 aliphatic heterocycles. The van der Waals surface area contributed by atoms with Crippen molar-refractivity contribution in [2.45, 2.75) is 39.5 Å². The molecule has 0 atom stereocenters. The first-order valence-electron chi connectivity index (χ1n) is 14.8. The fraction of sp³-hybridized carbons (Fsp3) is 0.364. The van der Waals surface area contributed by atoms with Crippen LogP contribution in [0.2, 0.25) is 0 Å². The first-order valence-corrected chi connectivity index (χ1v) is 14.8. The fourth-order valence-corrected chi connectivity index (χ4v) is 4.67. The Morgan fingerprint density at radius 3 is 2.41 bits per heavy atom. The Morgan fingerprint density at radius 2 is 1.70 bits per heavy atom. The summed E-state index contributed by atoms with van der Waals surface area (Å²) >= 11 is 0. The minimum absolute atomic E-state index is 0.0120. The van der Waals surface area contributed by atoms with Gasteiger partial charge >= 0.3 is 6.03 Å². The molecular formula is C33H39FN6O4. The molecule has 0 saturated carbocycles. The number of pyridine rings is 1. The van der Waals surface area contributed by atoms with E-state index in [4.69, 9.17) is 19.3 Å². The minimum Gasteiger partial charge on any atom is -0.494 e. The van der Waals surface area contributed by atoms with Gasteiger partial charge in [-0.3, -0.25) is 15.2 Å². The number of aromatic nitrogens is 3. The number of halogens is 1. The van der Waals surface area contributed by atoms with E-state index >= 15 is 0 Å². The van der Waals surface area contributed by atoms with Crippen LogP contribution in [0.3, 0.4) is 0 Å². The Hall–Kier alpha value is -4.48. The SMILES string of the molecule is Cc1cc(Oc2ccc(NC(=O)Nc3cc(C(C)(C)C)nn3-c3ccc(OCCCN4CCOCC4)cc3)c(F)c2)ccn1. The number of benzene rings is 2. The van der Waals surface area contributed by atoms with E-state index in [0.717, 1.165) is 62.1 Å². The van der Waals surface area contributed by atoms with E-state index < -0.39 is 11.8 Å². The largest absolute Gasteiger partial charge is 0.494 e. The number of morpholine rings is 1. The molecule has 3 heterocycles. The second kappa shape index (κ2) is 13.9. The van der Waals surface area contributed by atoms with Gasteiger partial charge in [-0.2, -0.15) is 5.10 Å². The summed E-state index contributed by atoms with van der Waals surface area (Å²) < 4.78 is 33.6. The second-order valence-electron chi connectivity index (χ2n) is 11.7. The van der Waals surface area contributed by atoms with Gasteiger partial charge in [0.1, 0.15) is 28.9 Å². The second-order valence-corrected chi connectivity index (χ2v) is 11.7. The lowest BCUT2D eigenvalue weighted by Crippen LogP contribution is -2.37. The van der Waals surface area contributed by atoms with Crippen molar-refractivity contribution in [1.82, 2.24) is 19.7 Å². The van der Waals surface area contributed by atoms with E-state index in [0.29, 0.717) is 23.9 Å². The zero-order valence-corrected chi connectivity index (χ0v) is 25.6. The molecule has 0 unspecified atom stereocenters. The Kier molecular flexibility index (Phi) is 9.76. The van der Waals surface area contributed by atoms with E-state index in [9.17, 15) is 9.18 Å². The molecule has 11 heteroatoms. The molecule has 1 fully saturated rings. The highest BCUT2D eigenvalue weighted by Crippen LogP contribution is 2.29. The molecule has 0 aliphatic carbocycles. The van der Waals surface area contributed by atoms with Crippen LogP contribution < -0.4 is 20.1 Å². The summed E-state index contributed by atoms with van der Waals surface area (Å²) in [6, 6.07) is 16.5. The number of hydrogen-bond acceptors (Lipinski definition) is 7. The molecule has 0 bridgehead atoms. The number of aryl methyl sites for hydroxylation is 1. The van der Waals surface area contributed by atoms with Crippen LogP contribution >= 0.6 is 0 Å². The van der Waals surface area contributed by atoms with E-state index in [1.807, 2.05) is 58.0 Å². The number of rotatable bonds is 10. The normalized spacial score (nSPS) is 13.8. The maximum Gasteiger partial charge on any atom is 0.324 e. The molecule has 2 N–H and O–H groups in total. The van der Waals surface area contributed by atoms with Crippen molar-refractivity contribution >= 4 is 17.5 Å². The smallest absolute Gasteiger partial charge is 0.324 e. The van der Waals surface area contributed by atoms with Crippen molar-refractivity contribution in [3.05, 3.63) is 84.1 Å². The van der Waals surface area contributed by atoms with Crippen LogP contribution in [-0.4, -0.2) is 65.2 Å². The number of anilines is 2. The molecule has 1 aliphatic rings. The molecule has 2 amide bonds. The molecule has 2 aromatic heterocycles. The predicted octanol–water partition coefficient (Wildman–Crippen LogP) is 6.55. The molecule has 4 aromatic rings. The van der Waals surface area contributed by atoms with E-state index in [-0.39, 0.29) is 11.1 Å². The Morgan fingerprint density at radius 1 is 0.977 bits per heavy atom. The summed E-state index contributed by atoms with van der Waals surface area (Å²) in [6.07, 6.45) is 2.55. The molecule has 232 valence electrons. The quantitative estimate of drug-likeness (QED) is 0.199. The molecule has 0 radical (unpaired) electrons. The van der Waals surface area contributed by atoms with Gasteiger partial charge in [0.05, 0.1) is 36.9 Å². The van der Waals surface area contributed by atoms with Crippen LogP contribution in [0.4, 0.5) is 20.7 Å². The number of ether oxygens (including phenoxy) is 3. The van der Waals surface area contributed by atoms with Gasteiger partial charge in [0.2, 0.25) is 0 Å². The van der Waals surface area contributed by atoms with Crippen LogP contribution in [-0.2, 0) is 10.2 Å². The summed E-state index contributed by atoms with van der Waals surface area (Å²) in [5.41, 5.74) is 2.06. The molecule has 44 heavy (non-hydrogen) atoms. The van der Waals surface area contributed by atoms with E-state index in [2.05, 4.69) is 20.5 Å². The highest BCUT2D eigenvalue weighted by molar-refractivity contribution is 5.99. The zero-order valence-electron chi connectivity index (χ0n) is 25.6. The first kappa shape index (κ1) is 31.0. The lowest BCUT2D eigenvalue weighted by Gasteiger charge is -2.26. The van der Waals surface area contributed by atoms with Crippen molar-refractivity contribution < 1.29 is 23.4 Å². The average molecular weight is 603 g/mol. The molecule has 5 rings (SSSR count). The maximum absolute atomic E-state index is 14.9. The summed E-state index contributed by atoms with van der Waals surface area (Å²) in [4.78, 5) is 19.5. The number of nitrogens with one attached hydrogen (secondary N) is 2. The standard InChI is InChI=1S/C33H39FN6O4/c1-23-20-27(12-13-35-23)44-26-10-11-29(28(34)21-26)36-32(41)37-31-22-30(33(2,3)4)38-40(31)24-6-8-25(9-7-24)43-17-5-14-39-15-18-42-19-16-39/h6-13,20-22H,5,14-19H2,1-4H3,(H2,36,37,41). The number of nitrogens with zero attached hydrogens (tertiary/aromatic N) is 4. The monoisotopic (exact) mass is 602 g/mol. The van der Waals surface area contributed by atoms with Gasteiger partial charge in [0, 0.05) is 55.1 Å². The van der Waals surface area contributed by atoms with Crippen molar-refractivity contribution in [3.8, 4) is 22.9 Å². The third-order valence-corrected chi connectivity index (χ3v) is 7.08. The highest BCUT2D eigenvalue weighted by atomic mass is 19.1. The van der Waals surface area contributed by atoms with Crippen LogP contribution in [0.1, 0.15) is 38.6 Å². The lowest BCUT2D eigenvalue weighted by atomic mass is 9.92. The zero-order chi connectivity index (χ0) is 31.1. The third kappa shape index (κ3) is 8.33. The lowest BCUT2D eigenvalue weighted by molar-refractivity contribution is 0.0358. The first-order chi connectivity index (χ1) is 21.1. The van der Waals surface area contributed by atoms with Crippen LogP contribution in [0.5, 0.6) is 17.2 Å². The maximum atomic E-state index is 14.9. The van der Waals surface area contributed by atoms with E-state index in [1.54, 1.807) is 29.1 Å². The number of amides is 2. The summed E-state index contributed by atoms with van der Waals surface area (Å²) in [5, 5.41) is 10.2. The fourth-order valence-electron chi connectivity index (χ4n) is 4.67. The third-order valence-electron chi connectivity index (χ3n) is 7.08. The number of urea groups is 1. The molecule has 1 saturated heterocycles.